The number of piperidine rings is 1. The van der Waals surface area contributed by atoms with Gasteiger partial charge in [-0.15, -0.1) is 11.3 Å². The summed E-state index contributed by atoms with van der Waals surface area (Å²) in [5, 5.41) is 3.48. The topological polar surface area (TPSA) is 30.5 Å². The Hall–Kier alpha value is -0.740. The molecule has 21 heavy (non-hydrogen) atoms. The van der Waals surface area contributed by atoms with Crippen molar-refractivity contribution in [2.24, 2.45) is 11.8 Å². The Morgan fingerprint density at radius 2 is 1.76 bits per heavy atom. The smallest absolute Gasteiger partial charge is 0.175 e. The molecule has 1 aromatic rings. The van der Waals surface area contributed by atoms with Crippen molar-refractivity contribution in [3.05, 3.63) is 9.75 Å². The van der Waals surface area contributed by atoms with E-state index in [0.717, 1.165) is 36.2 Å². The highest BCUT2D eigenvalue weighted by Gasteiger charge is 2.28. The zero-order valence-corrected chi connectivity index (χ0v) is 14.1. The Balaban J connectivity index is 1.77. The summed E-state index contributed by atoms with van der Waals surface area (Å²) in [5.41, 5.74) is 0. The molecule has 118 valence electrons. The monoisotopic (exact) mass is 309 g/mol. The molecule has 0 aliphatic carbocycles. The van der Waals surface area contributed by atoms with Gasteiger partial charge in [0.25, 0.3) is 0 Å². The number of thiophene rings is 1. The zero-order valence-electron chi connectivity index (χ0n) is 13.2. The van der Waals surface area contributed by atoms with Gasteiger partial charge in [-0.2, -0.15) is 0 Å². The lowest BCUT2D eigenvalue weighted by Gasteiger charge is -2.30. The lowest BCUT2D eigenvalue weighted by Crippen LogP contribution is -2.32. The van der Waals surface area contributed by atoms with Gasteiger partial charge in [-0.05, 0) is 50.6 Å². The molecule has 3 rings (SSSR count). The highest BCUT2D eigenvalue weighted by Crippen LogP contribution is 2.46. The van der Waals surface area contributed by atoms with E-state index in [1.807, 2.05) is 11.3 Å². The fourth-order valence-electron chi connectivity index (χ4n) is 3.64. The third-order valence-corrected chi connectivity index (χ3v) is 6.20. The van der Waals surface area contributed by atoms with Crippen LogP contribution in [0, 0.1) is 11.8 Å². The molecule has 1 N–H and O–H groups in total. The second-order valence-corrected chi connectivity index (χ2v) is 7.31. The van der Waals surface area contributed by atoms with E-state index in [2.05, 4.69) is 19.2 Å². The minimum atomic E-state index is 0.696. The summed E-state index contributed by atoms with van der Waals surface area (Å²) < 4.78 is 11.8. The lowest BCUT2D eigenvalue weighted by atomic mass is 9.81. The van der Waals surface area contributed by atoms with Crippen LogP contribution in [-0.4, -0.2) is 26.3 Å². The van der Waals surface area contributed by atoms with E-state index in [0.29, 0.717) is 13.2 Å². The molecule has 0 aromatic carbocycles. The molecule has 0 bridgehead atoms. The standard InChI is InChI=1S/C17H27NO2S/c1-3-12(13-5-7-18-8-6-13)11-15-17-16(14(4-2)21-15)19-9-10-20-17/h12-13,18H,3-11H2,1-2H3. The van der Waals surface area contributed by atoms with E-state index in [-0.39, 0.29) is 0 Å². The molecule has 1 fully saturated rings. The van der Waals surface area contributed by atoms with Crippen LogP contribution in [0.5, 0.6) is 11.5 Å². The molecule has 0 spiro atoms. The summed E-state index contributed by atoms with van der Waals surface area (Å²) >= 11 is 1.92. The van der Waals surface area contributed by atoms with Gasteiger partial charge in [-0.25, -0.2) is 0 Å². The van der Waals surface area contributed by atoms with E-state index in [1.165, 1.54) is 42.1 Å². The van der Waals surface area contributed by atoms with E-state index >= 15 is 0 Å². The van der Waals surface area contributed by atoms with Crippen LogP contribution in [0.15, 0.2) is 0 Å². The summed E-state index contributed by atoms with van der Waals surface area (Å²) in [6.07, 6.45) is 6.12. The van der Waals surface area contributed by atoms with E-state index in [4.69, 9.17) is 9.47 Å². The molecule has 2 aliphatic heterocycles. The third kappa shape index (κ3) is 3.21. The number of rotatable bonds is 5. The molecule has 3 heterocycles. The Kier molecular flexibility index (Phi) is 5.07. The quantitative estimate of drug-likeness (QED) is 0.900. The Labute approximate surface area is 132 Å². The van der Waals surface area contributed by atoms with Gasteiger partial charge in [0, 0.05) is 0 Å². The van der Waals surface area contributed by atoms with E-state index < -0.39 is 0 Å². The summed E-state index contributed by atoms with van der Waals surface area (Å²) in [4.78, 5) is 2.78. The number of hydrogen-bond acceptors (Lipinski definition) is 4. The minimum Gasteiger partial charge on any atom is -0.485 e. The highest BCUT2D eigenvalue weighted by atomic mass is 32.1. The fraction of sp³-hybridized carbons (Fsp3) is 0.765. The molecule has 2 aliphatic rings. The first-order chi connectivity index (χ1) is 10.3. The predicted octanol–water partition coefficient (Wildman–Crippen LogP) is 3.65. The van der Waals surface area contributed by atoms with Gasteiger partial charge >= 0.3 is 0 Å². The molecule has 4 heteroatoms. The van der Waals surface area contributed by atoms with Crippen molar-refractivity contribution in [1.82, 2.24) is 5.32 Å². The average Bonchev–Trinajstić information content (AvgIpc) is 2.91. The van der Waals surface area contributed by atoms with Crippen LogP contribution in [0.1, 0.15) is 42.9 Å². The van der Waals surface area contributed by atoms with Gasteiger partial charge < -0.3 is 14.8 Å². The largest absolute Gasteiger partial charge is 0.485 e. The Morgan fingerprint density at radius 1 is 1.10 bits per heavy atom. The maximum atomic E-state index is 5.94. The maximum Gasteiger partial charge on any atom is 0.175 e. The second-order valence-electron chi connectivity index (χ2n) is 6.12. The first kappa shape index (κ1) is 15.2. The second kappa shape index (κ2) is 7.01. The van der Waals surface area contributed by atoms with E-state index in [1.54, 1.807) is 0 Å². The molecular weight excluding hydrogens is 282 g/mol. The van der Waals surface area contributed by atoms with Crippen molar-refractivity contribution in [3.8, 4) is 11.5 Å². The number of hydrogen-bond donors (Lipinski definition) is 1. The molecule has 1 unspecified atom stereocenters. The maximum absolute atomic E-state index is 5.94. The minimum absolute atomic E-state index is 0.696. The highest BCUT2D eigenvalue weighted by molar-refractivity contribution is 7.12. The number of nitrogens with one attached hydrogen (secondary N) is 1. The Bertz CT molecular complexity index is 466. The van der Waals surface area contributed by atoms with Crippen LogP contribution < -0.4 is 14.8 Å². The molecule has 1 atom stereocenters. The van der Waals surface area contributed by atoms with Crippen molar-refractivity contribution < 1.29 is 9.47 Å². The van der Waals surface area contributed by atoms with Gasteiger partial charge in [0.15, 0.2) is 11.5 Å². The summed E-state index contributed by atoms with van der Waals surface area (Å²) in [7, 11) is 0. The van der Waals surface area contributed by atoms with Crippen LogP contribution >= 0.6 is 11.3 Å². The first-order valence-electron chi connectivity index (χ1n) is 8.44. The average molecular weight is 309 g/mol. The first-order valence-corrected chi connectivity index (χ1v) is 9.26. The van der Waals surface area contributed by atoms with Gasteiger partial charge in [0.05, 0.1) is 9.75 Å². The van der Waals surface area contributed by atoms with Crippen LogP contribution in [0.2, 0.25) is 0 Å². The third-order valence-electron chi connectivity index (χ3n) is 4.88. The molecular formula is C17H27NO2S. The summed E-state index contributed by atoms with van der Waals surface area (Å²) in [6.45, 7) is 8.31. The molecule has 3 nitrogen and oxygen atoms in total. The number of ether oxygens (including phenoxy) is 2. The van der Waals surface area contributed by atoms with Crippen molar-refractivity contribution in [3.63, 3.8) is 0 Å². The fourth-order valence-corrected chi connectivity index (χ4v) is 4.87. The lowest BCUT2D eigenvalue weighted by molar-refractivity contribution is 0.169. The molecule has 1 aromatic heterocycles. The van der Waals surface area contributed by atoms with Gasteiger partial charge in [0.1, 0.15) is 13.2 Å². The SMILES string of the molecule is CCc1sc(CC(CC)C2CCNCC2)c2c1OCCO2. The van der Waals surface area contributed by atoms with Crippen molar-refractivity contribution in [1.29, 1.82) is 0 Å². The zero-order chi connectivity index (χ0) is 14.7. The molecule has 0 amide bonds. The normalized spacial score (nSPS) is 20.5. The van der Waals surface area contributed by atoms with Gasteiger partial charge in [0.2, 0.25) is 0 Å². The Morgan fingerprint density at radius 3 is 2.38 bits per heavy atom. The van der Waals surface area contributed by atoms with Gasteiger partial charge in [-0.1, -0.05) is 20.3 Å². The van der Waals surface area contributed by atoms with Crippen LogP contribution in [0.4, 0.5) is 0 Å². The number of fused-ring (bicyclic) bond motifs is 1. The van der Waals surface area contributed by atoms with Gasteiger partial charge in [-0.3, -0.25) is 0 Å². The molecule has 0 saturated carbocycles. The van der Waals surface area contributed by atoms with Crippen LogP contribution in [-0.2, 0) is 12.8 Å². The van der Waals surface area contributed by atoms with E-state index in [9.17, 15) is 0 Å². The molecule has 0 radical (unpaired) electrons. The molecule has 1 saturated heterocycles. The van der Waals surface area contributed by atoms with Crippen molar-refractivity contribution in [2.45, 2.75) is 46.0 Å². The summed E-state index contributed by atoms with van der Waals surface area (Å²) in [6, 6.07) is 0. The van der Waals surface area contributed by atoms with Crippen LogP contribution in [0.25, 0.3) is 0 Å². The number of aryl methyl sites for hydroxylation is 1. The van der Waals surface area contributed by atoms with Crippen molar-refractivity contribution in [2.75, 3.05) is 26.3 Å². The van der Waals surface area contributed by atoms with Crippen LogP contribution in [0.3, 0.4) is 0 Å². The predicted molar refractivity (Wildman–Crippen MR) is 87.8 cm³/mol. The van der Waals surface area contributed by atoms with Crippen molar-refractivity contribution >= 4 is 11.3 Å². The summed E-state index contributed by atoms with van der Waals surface area (Å²) in [5.74, 6) is 3.76.